The second-order valence-electron chi connectivity index (χ2n) is 13.4. The number of carbonyl (C=O) groups is 1. The summed E-state index contributed by atoms with van der Waals surface area (Å²) in [6.45, 7) is 9.91. The number of aromatic nitrogens is 4. The van der Waals surface area contributed by atoms with Crippen LogP contribution in [0.4, 0.5) is 5.82 Å². The summed E-state index contributed by atoms with van der Waals surface area (Å²) >= 11 is 5.73. The molecular formula is C35H65N6O5PS2. The first-order valence-electron chi connectivity index (χ1n) is 18.6. The first-order valence-corrected chi connectivity index (χ1v) is 22.9. The Hall–Kier alpha value is -1.50. The number of ether oxygens (including phenoxy) is 2. The van der Waals surface area contributed by atoms with E-state index in [0.29, 0.717) is 29.3 Å². The number of esters is 1. The highest BCUT2D eigenvalue weighted by molar-refractivity contribution is 8.28. The molecule has 4 atom stereocenters. The van der Waals surface area contributed by atoms with Crippen molar-refractivity contribution in [2.24, 2.45) is 0 Å². The Morgan fingerprint density at radius 1 is 0.898 bits per heavy atom. The van der Waals surface area contributed by atoms with Crippen molar-refractivity contribution in [3.05, 3.63) is 12.7 Å². The highest BCUT2D eigenvalue weighted by Gasteiger charge is 2.31. The van der Waals surface area contributed by atoms with Crippen LogP contribution in [0.3, 0.4) is 0 Å². The van der Waals surface area contributed by atoms with Gasteiger partial charge in [0.25, 0.3) is 7.52 Å². The Kier molecular flexibility index (Phi) is 22.7. The largest absolute Gasteiger partial charge is 0.462 e. The van der Waals surface area contributed by atoms with Crippen LogP contribution in [0.25, 0.3) is 11.2 Å². The first-order chi connectivity index (χ1) is 23.5. The molecule has 282 valence electrons. The number of carbonyl (C=O) groups excluding carboxylic acids is 1. The molecule has 0 aromatic carbocycles. The van der Waals surface area contributed by atoms with E-state index in [1.54, 1.807) is 27.1 Å². The number of nitrogen functional groups attached to an aromatic ring is 1. The number of unbranched alkanes of at least 4 members (excludes halogenated alkanes) is 15. The third-order valence-electron chi connectivity index (χ3n) is 8.34. The molecule has 14 heteroatoms. The van der Waals surface area contributed by atoms with Gasteiger partial charge in [0.1, 0.15) is 24.2 Å². The van der Waals surface area contributed by atoms with E-state index in [0.717, 1.165) is 12.2 Å². The molecule has 2 rings (SSSR count). The van der Waals surface area contributed by atoms with E-state index in [-0.39, 0.29) is 34.6 Å². The molecule has 0 aliphatic heterocycles. The average Bonchev–Trinajstić information content (AvgIpc) is 3.47. The van der Waals surface area contributed by atoms with Gasteiger partial charge in [-0.3, -0.25) is 9.36 Å². The van der Waals surface area contributed by atoms with Crippen LogP contribution in [0.2, 0.25) is 0 Å². The van der Waals surface area contributed by atoms with Crippen LogP contribution < -0.4 is 10.8 Å². The summed E-state index contributed by atoms with van der Waals surface area (Å²) in [4.78, 5) is 25.0. The number of nitrogens with two attached hydrogens (primary N) is 1. The molecule has 49 heavy (non-hydrogen) atoms. The summed E-state index contributed by atoms with van der Waals surface area (Å²) in [7, 11) is -3.84. The van der Waals surface area contributed by atoms with Crippen molar-refractivity contribution >= 4 is 51.1 Å². The summed E-state index contributed by atoms with van der Waals surface area (Å²) in [5, 5.41) is 2.87. The molecule has 1 unspecified atom stereocenters. The molecule has 0 fully saturated rings. The minimum Gasteiger partial charge on any atom is -0.462 e. The predicted octanol–water partition coefficient (Wildman–Crippen LogP) is 8.25. The Bertz CT molecular complexity index is 1270. The maximum absolute atomic E-state index is 13.9. The average molecular weight is 745 g/mol. The fourth-order valence-corrected chi connectivity index (χ4v) is 9.01. The van der Waals surface area contributed by atoms with Gasteiger partial charge in [0.05, 0.1) is 31.7 Å². The molecule has 0 aliphatic carbocycles. The lowest BCUT2D eigenvalue weighted by Gasteiger charge is -2.25. The van der Waals surface area contributed by atoms with Crippen LogP contribution in [0, 0.1) is 0 Å². The second-order valence-corrected chi connectivity index (χ2v) is 18.7. The smallest absolute Gasteiger partial charge is 0.323 e. The number of fused-ring (bicyclic) bond motifs is 1. The Morgan fingerprint density at radius 3 is 2.04 bits per heavy atom. The van der Waals surface area contributed by atoms with Gasteiger partial charge in [-0.05, 0) is 39.9 Å². The Balaban J connectivity index is 1.67. The lowest BCUT2D eigenvalue weighted by atomic mass is 10.0. The molecular weight excluding hydrogens is 680 g/mol. The monoisotopic (exact) mass is 744 g/mol. The zero-order valence-corrected chi connectivity index (χ0v) is 33.4. The summed E-state index contributed by atoms with van der Waals surface area (Å²) in [6, 6.07) is -0.837. The highest BCUT2D eigenvalue weighted by atomic mass is 32.8. The third-order valence-corrected chi connectivity index (χ3v) is 12.6. The van der Waals surface area contributed by atoms with Crippen molar-refractivity contribution in [2.75, 3.05) is 30.2 Å². The standard InChI is InChI=1S/C35H65N6O5PS2/c1-6-7-8-9-10-11-12-13-14-15-16-17-18-19-20-21-23-49(48)24-22-45-47(43,40-31(5)35(42)46-29(2)3)28-44-30(4)25-41-27-39-32-33(36)37-26-38-34(32)41/h26-27,29-31H,6-25,28H2,1-5H3,(H,40,43)(H2,36,37,38)/t30-,31+,47-,49?/m1/s1. The predicted molar refractivity (Wildman–Crippen MR) is 207 cm³/mol. The van der Waals surface area contributed by atoms with Crippen LogP contribution in [-0.2, 0) is 50.5 Å². The molecule has 2 heterocycles. The molecule has 2 aromatic rings. The topological polar surface area (TPSA) is 143 Å². The fourth-order valence-electron chi connectivity index (χ4n) is 5.57. The van der Waals surface area contributed by atoms with Gasteiger partial charge in [0.15, 0.2) is 11.5 Å². The maximum atomic E-state index is 13.9. The quantitative estimate of drug-likeness (QED) is 0.0453. The number of nitrogens with zero attached hydrogens (tertiary/aromatic N) is 4. The van der Waals surface area contributed by atoms with Crippen molar-refractivity contribution < 1.29 is 23.4 Å². The summed E-state index contributed by atoms with van der Waals surface area (Å²) < 4.78 is 33.0. The van der Waals surface area contributed by atoms with E-state index >= 15 is 0 Å². The number of anilines is 1. The zero-order valence-electron chi connectivity index (χ0n) is 30.9. The van der Waals surface area contributed by atoms with Crippen molar-refractivity contribution in [3.63, 3.8) is 0 Å². The molecule has 0 saturated heterocycles. The number of hydrogen-bond donors (Lipinski definition) is 2. The maximum Gasteiger partial charge on any atom is 0.323 e. The van der Waals surface area contributed by atoms with Gasteiger partial charge in [0, 0.05) is 5.75 Å². The van der Waals surface area contributed by atoms with Gasteiger partial charge in [-0.1, -0.05) is 114 Å². The van der Waals surface area contributed by atoms with E-state index in [2.05, 4.69) is 27.0 Å². The van der Waals surface area contributed by atoms with Crippen LogP contribution in [0.1, 0.15) is 137 Å². The highest BCUT2D eigenvalue weighted by Crippen LogP contribution is 2.43. The lowest BCUT2D eigenvalue weighted by Crippen LogP contribution is -2.36. The molecule has 0 spiro atoms. The third kappa shape index (κ3) is 19.1. The van der Waals surface area contributed by atoms with Gasteiger partial charge in [-0.25, -0.2) is 20.0 Å². The molecule has 0 saturated carbocycles. The summed E-state index contributed by atoms with van der Waals surface area (Å²) in [6.07, 6.45) is 23.6. The van der Waals surface area contributed by atoms with Gasteiger partial charge in [-0.15, -0.1) is 9.45 Å². The van der Waals surface area contributed by atoms with E-state index in [9.17, 15) is 9.36 Å². The zero-order chi connectivity index (χ0) is 35.9. The second kappa shape index (κ2) is 25.5. The van der Waals surface area contributed by atoms with Crippen LogP contribution >= 0.6 is 7.52 Å². The van der Waals surface area contributed by atoms with E-state index in [4.69, 9.17) is 30.9 Å². The SMILES string of the molecule is CCCCCCCCCCCCCCCCCCS(=S)CCO[P@](=O)(CO[C@H](C)Cn1cnc2c(N)ncnc21)N[C@@H](C)C(=O)OC(C)C. The molecule has 11 nitrogen and oxygen atoms in total. The van der Waals surface area contributed by atoms with E-state index < -0.39 is 19.5 Å². The molecule has 0 radical (unpaired) electrons. The van der Waals surface area contributed by atoms with E-state index in [1.165, 1.54) is 103 Å². The van der Waals surface area contributed by atoms with Crippen LogP contribution in [-0.4, -0.2) is 68.2 Å². The lowest BCUT2D eigenvalue weighted by molar-refractivity contribution is -0.149. The molecule has 0 bridgehead atoms. The van der Waals surface area contributed by atoms with E-state index in [1.807, 2.05) is 11.5 Å². The molecule has 3 N–H and O–H groups in total. The van der Waals surface area contributed by atoms with Crippen LogP contribution in [0.15, 0.2) is 12.7 Å². The number of nitrogens with one attached hydrogen (secondary N) is 1. The molecule has 0 aliphatic rings. The van der Waals surface area contributed by atoms with Crippen molar-refractivity contribution in [1.29, 1.82) is 0 Å². The van der Waals surface area contributed by atoms with Crippen molar-refractivity contribution in [2.45, 2.75) is 162 Å². The normalized spacial score (nSPS) is 15.0. The minimum absolute atomic E-state index is 0.221. The number of rotatable bonds is 30. The van der Waals surface area contributed by atoms with Gasteiger partial charge >= 0.3 is 5.97 Å². The fraction of sp³-hybridized carbons (Fsp3) is 0.829. The van der Waals surface area contributed by atoms with Gasteiger partial charge < -0.3 is 24.3 Å². The van der Waals surface area contributed by atoms with Crippen molar-refractivity contribution in [3.8, 4) is 0 Å². The summed E-state index contributed by atoms with van der Waals surface area (Å²) in [5.74, 6) is 1.40. The van der Waals surface area contributed by atoms with Crippen LogP contribution in [0.5, 0.6) is 0 Å². The van der Waals surface area contributed by atoms with Gasteiger partial charge in [-0.2, -0.15) is 0 Å². The Morgan fingerprint density at radius 2 is 1.47 bits per heavy atom. The first kappa shape index (κ1) is 43.7. The number of imidazole rings is 1. The molecule has 0 amide bonds. The van der Waals surface area contributed by atoms with Crippen molar-refractivity contribution in [1.82, 2.24) is 24.6 Å². The number of hydrogen-bond acceptors (Lipinski definition) is 10. The summed E-state index contributed by atoms with van der Waals surface area (Å²) in [5.41, 5.74) is 7.01. The Labute approximate surface area is 303 Å². The molecule has 2 aromatic heterocycles. The minimum atomic E-state index is -3.58. The van der Waals surface area contributed by atoms with Gasteiger partial charge in [0.2, 0.25) is 0 Å².